The second-order valence-corrected chi connectivity index (χ2v) is 5.84. The first kappa shape index (κ1) is 17.2. The van der Waals surface area contributed by atoms with Gasteiger partial charge in [0.1, 0.15) is 17.7 Å². The van der Waals surface area contributed by atoms with Crippen molar-refractivity contribution in [3.05, 3.63) is 36.4 Å². The predicted molar refractivity (Wildman–Crippen MR) is 85.4 cm³/mol. The summed E-state index contributed by atoms with van der Waals surface area (Å²) >= 11 is 0. The van der Waals surface area contributed by atoms with E-state index in [1.807, 2.05) is 42.5 Å². The molecule has 23 heavy (non-hydrogen) atoms. The summed E-state index contributed by atoms with van der Waals surface area (Å²) in [6.07, 6.45) is 7.65. The Morgan fingerprint density at radius 1 is 1.22 bits per heavy atom. The van der Waals surface area contributed by atoms with Gasteiger partial charge in [-0.3, -0.25) is 9.69 Å². The Bertz CT molecular complexity index is 608. The predicted octanol–water partition coefficient (Wildman–Crippen LogP) is 0.346. The molecule has 0 spiro atoms. The van der Waals surface area contributed by atoms with Crippen LogP contribution in [0.25, 0.3) is 0 Å². The fourth-order valence-electron chi connectivity index (χ4n) is 2.45. The highest BCUT2D eigenvalue weighted by Gasteiger charge is 2.23. The van der Waals surface area contributed by atoms with Crippen LogP contribution < -0.4 is 5.73 Å². The minimum atomic E-state index is -0.981. The van der Waals surface area contributed by atoms with E-state index in [0.717, 1.165) is 11.6 Å². The van der Waals surface area contributed by atoms with Crippen molar-refractivity contribution in [1.82, 2.24) is 24.0 Å². The van der Waals surface area contributed by atoms with Crippen molar-refractivity contribution < 1.29 is 9.90 Å². The Morgan fingerprint density at radius 3 is 2.04 bits per heavy atom. The third-order valence-electron chi connectivity index (χ3n) is 4.07. The summed E-state index contributed by atoms with van der Waals surface area (Å²) in [6.45, 7) is 3.18. The Kier molecular flexibility index (Phi) is 5.51. The number of carbonyl (C=O) groups is 1. The number of nitrogens with two attached hydrogens (primary N) is 1. The lowest BCUT2D eigenvalue weighted by molar-refractivity contribution is -0.139. The molecule has 1 unspecified atom stereocenters. The van der Waals surface area contributed by atoms with Gasteiger partial charge in [-0.1, -0.05) is 0 Å². The summed E-state index contributed by atoms with van der Waals surface area (Å²) in [5.74, 6) is 0.843. The minimum Gasteiger partial charge on any atom is -0.480 e. The monoisotopic (exact) mass is 320 g/mol. The zero-order valence-corrected chi connectivity index (χ0v) is 13.8. The van der Waals surface area contributed by atoms with Gasteiger partial charge in [0.15, 0.2) is 0 Å². The standard InChI is InChI=1S/C15H24N6O2/c1-11(8-12(16)15(22)23)21(9-13-17-4-6-19(13)2)10-14-18-5-7-20(14)3/h4-7,11-12H,8-10,16H2,1-3H3,(H,22,23)/t11-,12?/m0/s1. The van der Waals surface area contributed by atoms with Gasteiger partial charge in [0, 0.05) is 44.9 Å². The molecule has 2 heterocycles. The second kappa shape index (κ2) is 7.38. The van der Waals surface area contributed by atoms with E-state index in [2.05, 4.69) is 14.9 Å². The molecule has 0 aliphatic rings. The second-order valence-electron chi connectivity index (χ2n) is 5.84. The van der Waals surface area contributed by atoms with E-state index in [-0.39, 0.29) is 6.04 Å². The molecule has 0 aliphatic heterocycles. The summed E-state index contributed by atoms with van der Waals surface area (Å²) < 4.78 is 3.91. The van der Waals surface area contributed by atoms with Gasteiger partial charge in [-0.25, -0.2) is 9.97 Å². The Labute approximate surface area is 135 Å². The van der Waals surface area contributed by atoms with E-state index in [1.54, 1.807) is 12.4 Å². The number of aromatic nitrogens is 4. The van der Waals surface area contributed by atoms with Crippen molar-refractivity contribution in [2.75, 3.05) is 0 Å². The lowest BCUT2D eigenvalue weighted by Crippen LogP contribution is -2.41. The lowest BCUT2D eigenvalue weighted by Gasteiger charge is -2.29. The van der Waals surface area contributed by atoms with Crippen LogP contribution in [0.15, 0.2) is 24.8 Å². The van der Waals surface area contributed by atoms with Crippen molar-refractivity contribution in [2.24, 2.45) is 19.8 Å². The third kappa shape index (κ3) is 4.40. The minimum absolute atomic E-state index is 0.0190. The van der Waals surface area contributed by atoms with E-state index in [9.17, 15) is 4.79 Å². The number of carboxylic acids is 1. The summed E-state index contributed by atoms with van der Waals surface area (Å²) in [4.78, 5) is 21.9. The lowest BCUT2D eigenvalue weighted by atomic mass is 10.1. The molecule has 0 saturated heterocycles. The van der Waals surface area contributed by atoms with Crippen molar-refractivity contribution in [3.8, 4) is 0 Å². The van der Waals surface area contributed by atoms with Gasteiger partial charge in [-0.05, 0) is 13.3 Å². The van der Waals surface area contributed by atoms with Crippen LogP contribution in [-0.2, 0) is 32.0 Å². The quantitative estimate of drug-likeness (QED) is 0.727. The average molecular weight is 320 g/mol. The van der Waals surface area contributed by atoms with E-state index >= 15 is 0 Å². The van der Waals surface area contributed by atoms with Crippen LogP contribution in [0.4, 0.5) is 0 Å². The number of hydrogen-bond acceptors (Lipinski definition) is 5. The highest BCUT2D eigenvalue weighted by Crippen LogP contribution is 2.14. The Hall–Kier alpha value is -2.19. The molecule has 0 aromatic carbocycles. The Balaban J connectivity index is 2.14. The molecule has 0 aliphatic carbocycles. The summed E-state index contributed by atoms with van der Waals surface area (Å²) in [5, 5.41) is 9.04. The van der Waals surface area contributed by atoms with Crippen LogP contribution in [0.5, 0.6) is 0 Å². The molecule has 2 aromatic rings. The smallest absolute Gasteiger partial charge is 0.320 e. The van der Waals surface area contributed by atoms with Gasteiger partial charge >= 0.3 is 5.97 Å². The van der Waals surface area contributed by atoms with Crippen LogP contribution in [-0.4, -0.2) is 47.2 Å². The molecule has 0 bridgehead atoms. The number of hydrogen-bond donors (Lipinski definition) is 2. The van der Waals surface area contributed by atoms with Crippen molar-refractivity contribution in [2.45, 2.75) is 38.5 Å². The number of nitrogens with zero attached hydrogens (tertiary/aromatic N) is 5. The number of aliphatic carboxylic acids is 1. The van der Waals surface area contributed by atoms with Crippen molar-refractivity contribution in [1.29, 1.82) is 0 Å². The van der Waals surface area contributed by atoms with Crippen LogP contribution in [0, 0.1) is 0 Å². The molecule has 126 valence electrons. The van der Waals surface area contributed by atoms with Gasteiger partial charge in [0.05, 0.1) is 13.1 Å². The molecule has 2 rings (SSSR count). The van der Waals surface area contributed by atoms with Gasteiger partial charge in [-0.2, -0.15) is 0 Å². The molecular weight excluding hydrogens is 296 g/mol. The zero-order chi connectivity index (χ0) is 17.0. The maximum absolute atomic E-state index is 11.0. The first-order valence-electron chi connectivity index (χ1n) is 7.53. The summed E-state index contributed by atoms with van der Waals surface area (Å²) in [7, 11) is 3.88. The third-order valence-corrected chi connectivity index (χ3v) is 4.07. The van der Waals surface area contributed by atoms with Crippen LogP contribution in [0.3, 0.4) is 0 Å². The van der Waals surface area contributed by atoms with E-state index in [4.69, 9.17) is 10.8 Å². The van der Waals surface area contributed by atoms with E-state index in [1.165, 1.54) is 0 Å². The van der Waals surface area contributed by atoms with Gasteiger partial charge in [0.2, 0.25) is 0 Å². The summed E-state index contributed by atoms with van der Waals surface area (Å²) in [6, 6.07) is -0.898. The number of aryl methyl sites for hydroxylation is 2. The van der Waals surface area contributed by atoms with Gasteiger partial charge in [-0.15, -0.1) is 0 Å². The highest BCUT2D eigenvalue weighted by molar-refractivity contribution is 5.73. The normalized spacial score (nSPS) is 14.1. The van der Waals surface area contributed by atoms with E-state index < -0.39 is 12.0 Å². The van der Waals surface area contributed by atoms with Crippen LogP contribution >= 0.6 is 0 Å². The highest BCUT2D eigenvalue weighted by atomic mass is 16.4. The first-order valence-corrected chi connectivity index (χ1v) is 7.53. The molecule has 8 heteroatoms. The molecular formula is C15H24N6O2. The number of rotatable bonds is 8. The van der Waals surface area contributed by atoms with Crippen LogP contribution in [0.1, 0.15) is 25.0 Å². The average Bonchev–Trinajstić information content (AvgIpc) is 3.07. The number of carboxylic acid groups (broad SMARTS) is 1. The molecule has 2 atom stereocenters. The maximum Gasteiger partial charge on any atom is 0.320 e. The number of imidazole rings is 2. The zero-order valence-electron chi connectivity index (χ0n) is 13.8. The van der Waals surface area contributed by atoms with Crippen molar-refractivity contribution >= 4 is 5.97 Å². The SMILES string of the molecule is C[C@@H](CC(N)C(=O)O)N(Cc1nccn1C)Cc1nccn1C. The molecule has 2 aromatic heterocycles. The maximum atomic E-state index is 11.0. The van der Waals surface area contributed by atoms with Crippen molar-refractivity contribution in [3.63, 3.8) is 0 Å². The Morgan fingerprint density at radius 2 is 1.70 bits per heavy atom. The molecule has 0 fully saturated rings. The molecule has 3 N–H and O–H groups in total. The molecule has 0 radical (unpaired) electrons. The summed E-state index contributed by atoms with van der Waals surface area (Å²) in [5.41, 5.74) is 5.69. The van der Waals surface area contributed by atoms with Gasteiger partial charge in [0.25, 0.3) is 0 Å². The fourth-order valence-corrected chi connectivity index (χ4v) is 2.45. The van der Waals surface area contributed by atoms with Crippen LogP contribution in [0.2, 0.25) is 0 Å². The fraction of sp³-hybridized carbons (Fsp3) is 0.533. The largest absolute Gasteiger partial charge is 0.480 e. The first-order chi connectivity index (χ1) is 10.9. The molecule has 0 saturated carbocycles. The van der Waals surface area contributed by atoms with Gasteiger partial charge < -0.3 is 20.0 Å². The molecule has 0 amide bonds. The van der Waals surface area contributed by atoms with E-state index in [0.29, 0.717) is 19.5 Å². The molecule has 8 nitrogen and oxygen atoms in total. The topological polar surface area (TPSA) is 102 Å².